The third-order valence-corrected chi connectivity index (χ3v) is 3.37. The highest BCUT2D eigenvalue weighted by molar-refractivity contribution is 5.73. The van der Waals surface area contributed by atoms with Crippen LogP contribution in [0.25, 0.3) is 0 Å². The molecular formula is C13H26N2O. The zero-order chi connectivity index (χ0) is 11.6. The fourth-order valence-electron chi connectivity index (χ4n) is 2.33. The molecule has 0 spiro atoms. The van der Waals surface area contributed by atoms with E-state index in [1.54, 1.807) is 0 Å². The Morgan fingerprint density at radius 2 is 1.75 bits per heavy atom. The van der Waals surface area contributed by atoms with Crippen molar-refractivity contribution in [1.29, 1.82) is 0 Å². The van der Waals surface area contributed by atoms with E-state index in [9.17, 15) is 4.79 Å². The molecule has 0 aromatic carbocycles. The maximum atomic E-state index is 11.3. The van der Waals surface area contributed by atoms with E-state index in [2.05, 4.69) is 17.6 Å². The maximum Gasteiger partial charge on any atom is 0.314 e. The fourth-order valence-corrected chi connectivity index (χ4v) is 2.33. The minimum atomic E-state index is -0.000119. The third-order valence-electron chi connectivity index (χ3n) is 3.37. The molecule has 0 saturated heterocycles. The molecule has 2 N–H and O–H groups in total. The van der Waals surface area contributed by atoms with Gasteiger partial charge in [0.25, 0.3) is 0 Å². The summed E-state index contributed by atoms with van der Waals surface area (Å²) >= 11 is 0. The SMILES string of the molecule is CCCCNC(=O)NCCCC1CCCC1. The van der Waals surface area contributed by atoms with E-state index < -0.39 is 0 Å². The Morgan fingerprint density at radius 1 is 1.12 bits per heavy atom. The molecule has 0 atom stereocenters. The molecule has 2 amide bonds. The van der Waals surface area contributed by atoms with E-state index in [0.29, 0.717) is 0 Å². The normalized spacial score (nSPS) is 16.3. The summed E-state index contributed by atoms with van der Waals surface area (Å²) in [5.74, 6) is 0.935. The van der Waals surface area contributed by atoms with Crippen molar-refractivity contribution >= 4 is 6.03 Å². The maximum absolute atomic E-state index is 11.3. The van der Waals surface area contributed by atoms with Gasteiger partial charge in [-0.25, -0.2) is 4.79 Å². The number of carbonyl (C=O) groups excluding carboxylic acids is 1. The quantitative estimate of drug-likeness (QED) is 0.644. The highest BCUT2D eigenvalue weighted by Gasteiger charge is 2.13. The first-order valence-corrected chi connectivity index (χ1v) is 6.84. The summed E-state index contributed by atoms with van der Waals surface area (Å²) < 4.78 is 0. The second-order valence-corrected chi connectivity index (χ2v) is 4.83. The summed E-state index contributed by atoms with van der Waals surface area (Å²) in [5, 5.41) is 5.78. The van der Waals surface area contributed by atoms with E-state index in [1.807, 2.05) is 0 Å². The lowest BCUT2D eigenvalue weighted by Crippen LogP contribution is -2.36. The van der Waals surface area contributed by atoms with Crippen LogP contribution in [0, 0.1) is 5.92 Å². The Labute approximate surface area is 99.4 Å². The lowest BCUT2D eigenvalue weighted by molar-refractivity contribution is 0.240. The Bertz CT molecular complexity index is 188. The number of nitrogens with one attached hydrogen (secondary N) is 2. The number of unbranched alkanes of at least 4 members (excludes halogenated alkanes) is 1. The zero-order valence-corrected chi connectivity index (χ0v) is 10.6. The Balaban J connectivity index is 1.87. The largest absolute Gasteiger partial charge is 0.338 e. The molecule has 0 bridgehead atoms. The average Bonchev–Trinajstić information content (AvgIpc) is 2.78. The molecule has 0 heterocycles. The molecule has 1 aliphatic carbocycles. The van der Waals surface area contributed by atoms with E-state index in [4.69, 9.17) is 0 Å². The smallest absolute Gasteiger partial charge is 0.314 e. The van der Waals surface area contributed by atoms with Crippen LogP contribution in [0.2, 0.25) is 0 Å². The molecule has 3 nitrogen and oxygen atoms in total. The summed E-state index contributed by atoms with van der Waals surface area (Å²) in [6.07, 6.45) is 10.2. The van der Waals surface area contributed by atoms with E-state index >= 15 is 0 Å². The third kappa shape index (κ3) is 5.99. The second kappa shape index (κ2) is 8.43. The van der Waals surface area contributed by atoms with Crippen LogP contribution in [0.5, 0.6) is 0 Å². The molecule has 0 aromatic heterocycles. The van der Waals surface area contributed by atoms with Crippen molar-refractivity contribution in [3.8, 4) is 0 Å². The van der Waals surface area contributed by atoms with Crippen molar-refractivity contribution in [2.45, 2.75) is 58.3 Å². The van der Waals surface area contributed by atoms with Crippen LogP contribution in [-0.4, -0.2) is 19.1 Å². The van der Waals surface area contributed by atoms with Crippen molar-refractivity contribution < 1.29 is 4.79 Å². The average molecular weight is 226 g/mol. The van der Waals surface area contributed by atoms with Crippen LogP contribution in [0.15, 0.2) is 0 Å². The van der Waals surface area contributed by atoms with Crippen molar-refractivity contribution in [3.05, 3.63) is 0 Å². The lowest BCUT2D eigenvalue weighted by atomic mass is 10.0. The number of rotatable bonds is 7. The van der Waals surface area contributed by atoms with E-state index in [-0.39, 0.29) is 6.03 Å². The van der Waals surface area contributed by atoms with Gasteiger partial charge in [0.2, 0.25) is 0 Å². The summed E-state index contributed by atoms with van der Waals surface area (Å²) in [5.41, 5.74) is 0. The van der Waals surface area contributed by atoms with Crippen LogP contribution >= 0.6 is 0 Å². The molecule has 0 unspecified atom stereocenters. The monoisotopic (exact) mass is 226 g/mol. The van der Waals surface area contributed by atoms with E-state index in [0.717, 1.165) is 38.3 Å². The van der Waals surface area contributed by atoms with Gasteiger partial charge in [-0.3, -0.25) is 0 Å². The minimum Gasteiger partial charge on any atom is -0.338 e. The van der Waals surface area contributed by atoms with Gasteiger partial charge >= 0.3 is 6.03 Å². The number of carbonyl (C=O) groups is 1. The first-order valence-electron chi connectivity index (χ1n) is 6.84. The molecule has 94 valence electrons. The summed E-state index contributed by atoms with van der Waals surface area (Å²) in [7, 11) is 0. The minimum absolute atomic E-state index is 0.000119. The van der Waals surface area contributed by atoms with Gasteiger partial charge in [0.1, 0.15) is 0 Å². The van der Waals surface area contributed by atoms with Gasteiger partial charge < -0.3 is 10.6 Å². The van der Waals surface area contributed by atoms with Crippen molar-refractivity contribution in [2.24, 2.45) is 5.92 Å². The molecule has 1 aliphatic rings. The second-order valence-electron chi connectivity index (χ2n) is 4.83. The molecule has 3 heteroatoms. The predicted octanol–water partition coefficient (Wildman–Crippen LogP) is 3.06. The van der Waals surface area contributed by atoms with Crippen LogP contribution in [-0.2, 0) is 0 Å². The number of hydrogen-bond acceptors (Lipinski definition) is 1. The molecule has 1 fully saturated rings. The molecular weight excluding hydrogens is 200 g/mol. The molecule has 16 heavy (non-hydrogen) atoms. The van der Waals surface area contributed by atoms with Crippen molar-refractivity contribution in [1.82, 2.24) is 10.6 Å². The topological polar surface area (TPSA) is 41.1 Å². The predicted molar refractivity (Wildman–Crippen MR) is 67.5 cm³/mol. The first-order chi connectivity index (χ1) is 7.83. The number of hydrogen-bond donors (Lipinski definition) is 2. The summed E-state index contributed by atoms with van der Waals surface area (Å²) in [6, 6.07) is -0.000119. The number of urea groups is 1. The van der Waals surface area contributed by atoms with Gasteiger partial charge in [0, 0.05) is 13.1 Å². The molecule has 0 aromatic rings. The molecule has 1 rings (SSSR count). The number of amides is 2. The lowest BCUT2D eigenvalue weighted by Gasteiger charge is -2.10. The zero-order valence-electron chi connectivity index (χ0n) is 10.6. The summed E-state index contributed by atoms with van der Waals surface area (Å²) in [6.45, 7) is 3.75. The molecule has 0 radical (unpaired) electrons. The fraction of sp³-hybridized carbons (Fsp3) is 0.923. The highest BCUT2D eigenvalue weighted by atomic mass is 16.2. The standard InChI is InChI=1S/C13H26N2O/c1-2-3-10-14-13(16)15-11-6-9-12-7-4-5-8-12/h12H,2-11H2,1H3,(H2,14,15,16). The summed E-state index contributed by atoms with van der Waals surface area (Å²) in [4.78, 5) is 11.3. The van der Waals surface area contributed by atoms with Gasteiger partial charge in [-0.1, -0.05) is 39.0 Å². The van der Waals surface area contributed by atoms with Gasteiger partial charge in [-0.2, -0.15) is 0 Å². The molecule has 0 aliphatic heterocycles. The van der Waals surface area contributed by atoms with Crippen LogP contribution in [0.1, 0.15) is 58.3 Å². The highest BCUT2D eigenvalue weighted by Crippen LogP contribution is 2.28. The Kier molecular flexibility index (Phi) is 7.02. The van der Waals surface area contributed by atoms with Gasteiger partial charge in [0.15, 0.2) is 0 Å². The Morgan fingerprint density at radius 3 is 2.38 bits per heavy atom. The van der Waals surface area contributed by atoms with Gasteiger partial charge in [-0.15, -0.1) is 0 Å². The first kappa shape index (κ1) is 13.3. The Hall–Kier alpha value is -0.730. The van der Waals surface area contributed by atoms with E-state index in [1.165, 1.54) is 32.1 Å². The van der Waals surface area contributed by atoms with Gasteiger partial charge in [-0.05, 0) is 25.2 Å². The van der Waals surface area contributed by atoms with Crippen molar-refractivity contribution in [3.63, 3.8) is 0 Å². The van der Waals surface area contributed by atoms with Gasteiger partial charge in [0.05, 0.1) is 0 Å². The molecule has 1 saturated carbocycles. The van der Waals surface area contributed by atoms with Crippen molar-refractivity contribution in [2.75, 3.05) is 13.1 Å². The van der Waals surface area contributed by atoms with Crippen LogP contribution < -0.4 is 10.6 Å². The van der Waals surface area contributed by atoms with Crippen LogP contribution in [0.4, 0.5) is 4.79 Å². The van der Waals surface area contributed by atoms with Crippen LogP contribution in [0.3, 0.4) is 0 Å².